The molecule has 5 rings (SSSR count). The van der Waals surface area contributed by atoms with Gasteiger partial charge < -0.3 is 20.3 Å². The van der Waals surface area contributed by atoms with E-state index in [9.17, 15) is 9.18 Å². The Morgan fingerprint density at radius 2 is 2.19 bits per heavy atom. The van der Waals surface area contributed by atoms with Crippen molar-refractivity contribution >= 4 is 45.6 Å². The minimum atomic E-state index is -0.504. The highest BCUT2D eigenvalue weighted by atomic mass is 35.5. The van der Waals surface area contributed by atoms with E-state index < -0.39 is 5.82 Å². The maximum absolute atomic E-state index is 13.6. The van der Waals surface area contributed by atoms with Gasteiger partial charge in [0, 0.05) is 29.6 Å². The number of likely N-dealkylation sites (N-methyl/N-ethyl adjacent to an activating group) is 1. The van der Waals surface area contributed by atoms with Crippen LogP contribution in [0.5, 0.6) is 0 Å². The maximum atomic E-state index is 13.6. The number of rotatable bonds is 6. The number of amides is 1. The smallest absolute Gasteiger partial charge is 0.248 e. The van der Waals surface area contributed by atoms with Gasteiger partial charge in [-0.25, -0.2) is 14.4 Å². The predicted molar refractivity (Wildman–Crippen MR) is 139 cm³/mol. The molecule has 0 bridgehead atoms. The summed E-state index contributed by atoms with van der Waals surface area (Å²) in [7, 11) is 3.86. The molecule has 9 heteroatoms. The number of anilines is 3. The molecular weight excluding hydrogens is 481 g/mol. The standard InChI is InChI=1S/C27H25ClFN5O2/c1-34(2)9-3-4-25(35)33-23-12-20-24(10-17(23)7-8-27-13-18(27)14-36-15-27)30-16-31-26(20)32-19-5-6-22(29)21(28)11-19/h3-6,10-12,16,18H,9,13-15H2,1-2H3,(H,33,35)(H,30,31,32)/b4-3+/t18-,27-/m1/s1. The van der Waals surface area contributed by atoms with Gasteiger partial charge >= 0.3 is 0 Å². The second-order valence-corrected chi connectivity index (χ2v) is 9.77. The van der Waals surface area contributed by atoms with Crippen molar-refractivity contribution in [2.75, 3.05) is 44.5 Å². The number of aromatic nitrogens is 2. The van der Waals surface area contributed by atoms with Crippen LogP contribution in [-0.2, 0) is 9.53 Å². The summed E-state index contributed by atoms with van der Waals surface area (Å²) in [5, 5.41) is 6.79. The zero-order chi connectivity index (χ0) is 25.3. The summed E-state index contributed by atoms with van der Waals surface area (Å²) in [6.07, 6.45) is 5.78. The molecular formula is C27H25ClFN5O2. The van der Waals surface area contributed by atoms with Gasteiger partial charge in [-0.3, -0.25) is 4.79 Å². The molecule has 0 unspecified atom stereocenters. The Hall–Kier alpha value is -3.51. The Labute approximate surface area is 213 Å². The Morgan fingerprint density at radius 1 is 1.33 bits per heavy atom. The summed E-state index contributed by atoms with van der Waals surface area (Å²) in [4.78, 5) is 23.4. The van der Waals surface area contributed by atoms with Crippen molar-refractivity contribution in [1.82, 2.24) is 14.9 Å². The first-order valence-corrected chi connectivity index (χ1v) is 11.9. The fourth-order valence-corrected chi connectivity index (χ4v) is 4.39. The van der Waals surface area contributed by atoms with Crippen LogP contribution in [0, 0.1) is 29.0 Å². The largest absolute Gasteiger partial charge is 0.380 e. The molecule has 36 heavy (non-hydrogen) atoms. The Morgan fingerprint density at radius 3 is 2.92 bits per heavy atom. The van der Waals surface area contributed by atoms with Gasteiger partial charge in [-0.1, -0.05) is 29.5 Å². The number of fused-ring (bicyclic) bond motifs is 2. The van der Waals surface area contributed by atoms with Crippen LogP contribution in [-0.4, -0.2) is 54.6 Å². The lowest BCUT2D eigenvalue weighted by Gasteiger charge is -2.12. The molecule has 0 spiro atoms. The van der Waals surface area contributed by atoms with Crippen molar-refractivity contribution in [3.8, 4) is 11.8 Å². The fourth-order valence-electron chi connectivity index (χ4n) is 4.21. The molecule has 1 aliphatic heterocycles. The number of hydrogen-bond acceptors (Lipinski definition) is 6. The third-order valence-electron chi connectivity index (χ3n) is 6.31. The summed E-state index contributed by atoms with van der Waals surface area (Å²) in [6.45, 7) is 2.04. The number of halogens is 2. The molecule has 184 valence electrons. The molecule has 7 nitrogen and oxygen atoms in total. The lowest BCUT2D eigenvalue weighted by atomic mass is 10.0. The highest BCUT2D eigenvalue weighted by Crippen LogP contribution is 2.56. The molecule has 1 saturated carbocycles. The molecule has 2 N–H and O–H groups in total. The first kappa shape index (κ1) is 24.2. The van der Waals surface area contributed by atoms with Gasteiger partial charge in [-0.05, 0) is 50.8 Å². The van der Waals surface area contributed by atoms with Crippen molar-refractivity contribution < 1.29 is 13.9 Å². The van der Waals surface area contributed by atoms with Crippen LogP contribution in [0.25, 0.3) is 10.9 Å². The van der Waals surface area contributed by atoms with E-state index in [1.54, 1.807) is 18.2 Å². The molecule has 0 radical (unpaired) electrons. The molecule has 2 atom stereocenters. The minimum Gasteiger partial charge on any atom is -0.380 e. The number of benzene rings is 2. The van der Waals surface area contributed by atoms with Crippen LogP contribution in [0.2, 0.25) is 5.02 Å². The summed E-state index contributed by atoms with van der Waals surface area (Å²) in [5.74, 6) is 6.88. The highest BCUT2D eigenvalue weighted by Gasteiger charge is 2.57. The summed E-state index contributed by atoms with van der Waals surface area (Å²) < 4.78 is 19.2. The van der Waals surface area contributed by atoms with Crippen molar-refractivity contribution in [1.29, 1.82) is 0 Å². The molecule has 2 aromatic carbocycles. The average molecular weight is 506 g/mol. The molecule has 1 amide bonds. The van der Waals surface area contributed by atoms with E-state index in [-0.39, 0.29) is 16.3 Å². The van der Waals surface area contributed by atoms with Crippen molar-refractivity contribution in [3.63, 3.8) is 0 Å². The van der Waals surface area contributed by atoms with Gasteiger partial charge in [0.15, 0.2) is 0 Å². The monoisotopic (exact) mass is 505 g/mol. The quantitative estimate of drug-likeness (QED) is 0.376. The summed E-state index contributed by atoms with van der Waals surface area (Å²) in [6, 6.07) is 7.98. The second-order valence-electron chi connectivity index (χ2n) is 9.37. The Balaban J connectivity index is 1.51. The summed E-state index contributed by atoms with van der Waals surface area (Å²) >= 11 is 5.94. The molecule has 2 aliphatic rings. The van der Waals surface area contributed by atoms with Crippen molar-refractivity contribution in [2.45, 2.75) is 6.42 Å². The lowest BCUT2D eigenvalue weighted by Crippen LogP contribution is -2.13. The fraction of sp³-hybridized carbons (Fsp3) is 0.296. The van der Waals surface area contributed by atoms with Crippen LogP contribution in [0.4, 0.5) is 21.6 Å². The zero-order valence-corrected chi connectivity index (χ0v) is 20.7. The maximum Gasteiger partial charge on any atom is 0.248 e. The van der Waals surface area contributed by atoms with Crippen LogP contribution >= 0.6 is 11.6 Å². The first-order chi connectivity index (χ1) is 17.3. The number of ether oxygens (including phenoxy) is 1. The Bertz CT molecular complexity index is 1430. The normalized spacial score (nSPS) is 20.3. The van der Waals surface area contributed by atoms with Gasteiger partial charge in [-0.15, -0.1) is 0 Å². The van der Waals surface area contributed by atoms with E-state index in [2.05, 4.69) is 32.4 Å². The van der Waals surface area contributed by atoms with E-state index in [4.69, 9.17) is 16.3 Å². The van der Waals surface area contributed by atoms with Gasteiger partial charge in [0.2, 0.25) is 5.91 Å². The third kappa shape index (κ3) is 5.19. The molecule has 3 aromatic rings. The van der Waals surface area contributed by atoms with Crippen LogP contribution < -0.4 is 10.6 Å². The van der Waals surface area contributed by atoms with Gasteiger partial charge in [0.25, 0.3) is 0 Å². The number of nitrogens with one attached hydrogen (secondary N) is 2. The lowest BCUT2D eigenvalue weighted by molar-refractivity contribution is -0.111. The highest BCUT2D eigenvalue weighted by molar-refractivity contribution is 6.31. The summed E-state index contributed by atoms with van der Waals surface area (Å²) in [5.41, 5.74) is 2.36. The van der Waals surface area contributed by atoms with Crippen LogP contribution in [0.3, 0.4) is 0 Å². The molecule has 2 fully saturated rings. The van der Waals surface area contributed by atoms with Crippen LogP contribution in [0.1, 0.15) is 12.0 Å². The van der Waals surface area contributed by atoms with Gasteiger partial charge in [-0.2, -0.15) is 0 Å². The molecule has 1 aliphatic carbocycles. The zero-order valence-electron chi connectivity index (χ0n) is 19.9. The van der Waals surface area contributed by atoms with Crippen molar-refractivity contribution in [2.24, 2.45) is 11.3 Å². The topological polar surface area (TPSA) is 79.4 Å². The van der Waals surface area contributed by atoms with E-state index in [0.717, 1.165) is 13.0 Å². The van der Waals surface area contributed by atoms with Gasteiger partial charge in [0.05, 0.1) is 40.4 Å². The third-order valence-corrected chi connectivity index (χ3v) is 6.60. The van der Waals surface area contributed by atoms with E-state index in [1.807, 2.05) is 25.1 Å². The number of nitrogens with zero attached hydrogens (tertiary/aromatic N) is 3. The van der Waals surface area contributed by atoms with E-state index in [0.29, 0.717) is 52.7 Å². The SMILES string of the molecule is CN(C)C/C=C/C(=O)Nc1cc2c(Nc3ccc(F)c(Cl)c3)ncnc2cc1C#C[C@@]12COC[C@H]1C2. The molecule has 1 aromatic heterocycles. The Kier molecular flexibility index (Phi) is 6.63. The predicted octanol–water partition coefficient (Wildman–Crippen LogP) is 4.61. The minimum absolute atomic E-state index is 0.00188. The van der Waals surface area contributed by atoms with Crippen molar-refractivity contribution in [3.05, 3.63) is 65.2 Å². The van der Waals surface area contributed by atoms with E-state index >= 15 is 0 Å². The van der Waals surface area contributed by atoms with Gasteiger partial charge in [0.1, 0.15) is 18.0 Å². The molecule has 2 heterocycles. The molecule has 1 saturated heterocycles. The number of carbonyl (C=O) groups is 1. The second kappa shape index (κ2) is 9.86. The number of hydrogen-bond donors (Lipinski definition) is 2. The van der Waals surface area contributed by atoms with Crippen LogP contribution in [0.15, 0.2) is 48.8 Å². The first-order valence-electron chi connectivity index (χ1n) is 11.6. The number of carbonyl (C=O) groups excluding carboxylic acids is 1. The van der Waals surface area contributed by atoms with E-state index in [1.165, 1.54) is 24.5 Å². The average Bonchev–Trinajstić information content (AvgIpc) is 3.38.